The highest BCUT2D eigenvalue weighted by atomic mass is 16.5. The van der Waals surface area contributed by atoms with Crippen LogP contribution in [0.2, 0.25) is 0 Å². The molecule has 2 N–H and O–H groups in total. The Labute approximate surface area is 163 Å². The zero-order valence-electron chi connectivity index (χ0n) is 15.9. The van der Waals surface area contributed by atoms with Crippen molar-refractivity contribution in [3.8, 4) is 0 Å². The van der Waals surface area contributed by atoms with Crippen molar-refractivity contribution in [2.24, 2.45) is 0 Å². The number of aryl methyl sites for hydroxylation is 2. The molecule has 1 amide bonds. The predicted molar refractivity (Wildman–Crippen MR) is 107 cm³/mol. The van der Waals surface area contributed by atoms with Crippen LogP contribution < -0.4 is 15.5 Å². The molecule has 0 saturated carbocycles. The average Bonchev–Trinajstić information content (AvgIpc) is 3.34. The lowest BCUT2D eigenvalue weighted by atomic mass is 10.2. The van der Waals surface area contributed by atoms with Crippen LogP contribution in [-0.4, -0.2) is 34.1 Å². The zero-order valence-corrected chi connectivity index (χ0v) is 15.9. The molecule has 4 rings (SSSR count). The number of hydrogen-bond acceptors (Lipinski definition) is 7. The third kappa shape index (κ3) is 4.11. The van der Waals surface area contributed by atoms with Crippen molar-refractivity contribution >= 4 is 28.9 Å². The molecule has 144 valence electrons. The summed E-state index contributed by atoms with van der Waals surface area (Å²) in [6.07, 6.45) is 2.50. The molecule has 3 heterocycles. The highest BCUT2D eigenvalue weighted by Gasteiger charge is 2.14. The Hall–Kier alpha value is -3.42. The summed E-state index contributed by atoms with van der Waals surface area (Å²) >= 11 is 0. The fraction of sp³-hybridized carbons (Fsp3) is 0.300. The molecule has 0 spiro atoms. The summed E-state index contributed by atoms with van der Waals surface area (Å²) in [5, 5.41) is 9.68. The maximum absolute atomic E-state index is 12.5. The number of rotatable bonds is 5. The van der Waals surface area contributed by atoms with Gasteiger partial charge < -0.3 is 20.1 Å². The van der Waals surface area contributed by atoms with E-state index in [1.165, 1.54) is 18.5 Å². The van der Waals surface area contributed by atoms with Crippen molar-refractivity contribution in [2.45, 2.75) is 26.7 Å². The molecule has 3 aromatic rings. The number of carbonyl (C=O) groups excluding carboxylic acids is 1. The van der Waals surface area contributed by atoms with Gasteiger partial charge in [0.1, 0.15) is 23.1 Å². The minimum absolute atomic E-state index is 0.254. The van der Waals surface area contributed by atoms with E-state index in [1.54, 1.807) is 26.0 Å². The van der Waals surface area contributed by atoms with Gasteiger partial charge in [-0.15, -0.1) is 0 Å². The van der Waals surface area contributed by atoms with Crippen LogP contribution in [0.25, 0.3) is 0 Å². The first kappa shape index (κ1) is 18.0. The van der Waals surface area contributed by atoms with Gasteiger partial charge >= 0.3 is 0 Å². The predicted octanol–water partition coefficient (Wildman–Crippen LogP) is 3.68. The second-order valence-electron chi connectivity index (χ2n) is 6.83. The Balaban J connectivity index is 1.48. The molecule has 0 radical (unpaired) electrons. The average molecular weight is 378 g/mol. The molecule has 28 heavy (non-hydrogen) atoms. The van der Waals surface area contributed by atoms with E-state index in [2.05, 4.69) is 42.8 Å². The van der Waals surface area contributed by atoms with Gasteiger partial charge in [-0.05, 0) is 51.0 Å². The van der Waals surface area contributed by atoms with Crippen molar-refractivity contribution in [1.29, 1.82) is 0 Å². The van der Waals surface area contributed by atoms with E-state index in [4.69, 9.17) is 4.52 Å². The summed E-state index contributed by atoms with van der Waals surface area (Å²) < 4.78 is 4.96. The van der Waals surface area contributed by atoms with Gasteiger partial charge in [-0.1, -0.05) is 5.16 Å². The highest BCUT2D eigenvalue weighted by molar-refractivity contribution is 6.02. The fourth-order valence-corrected chi connectivity index (χ4v) is 3.23. The number of aromatic nitrogens is 3. The molecule has 1 saturated heterocycles. The molecule has 0 unspecified atom stereocenters. The standard InChI is InChI=1S/C20H22N6O2/c1-13-11-19(25-28-13)24-20(27)17-12-18(22-14(2)21-17)23-15-5-7-16(8-6-15)26-9-3-4-10-26/h5-8,11-12H,3-4,9-10H2,1-2H3,(H,21,22,23)(H,24,25,27). The summed E-state index contributed by atoms with van der Waals surface area (Å²) in [5.41, 5.74) is 2.38. The van der Waals surface area contributed by atoms with E-state index in [-0.39, 0.29) is 11.6 Å². The molecular formula is C20H22N6O2. The second-order valence-corrected chi connectivity index (χ2v) is 6.83. The van der Waals surface area contributed by atoms with Gasteiger partial charge in [0.15, 0.2) is 5.82 Å². The first-order chi connectivity index (χ1) is 13.6. The number of carbonyl (C=O) groups is 1. The zero-order chi connectivity index (χ0) is 19.5. The summed E-state index contributed by atoms with van der Waals surface area (Å²) in [7, 11) is 0. The fourth-order valence-electron chi connectivity index (χ4n) is 3.23. The molecule has 0 aliphatic carbocycles. The number of nitrogens with one attached hydrogen (secondary N) is 2. The monoisotopic (exact) mass is 378 g/mol. The van der Waals surface area contributed by atoms with Crippen LogP contribution in [-0.2, 0) is 0 Å². The molecule has 1 aliphatic rings. The SMILES string of the molecule is Cc1nc(Nc2ccc(N3CCCC3)cc2)cc(C(=O)Nc2cc(C)on2)n1. The van der Waals surface area contributed by atoms with Crippen LogP contribution in [0.5, 0.6) is 0 Å². The molecular weight excluding hydrogens is 356 g/mol. The van der Waals surface area contributed by atoms with Gasteiger partial charge in [0, 0.05) is 36.6 Å². The van der Waals surface area contributed by atoms with Gasteiger partial charge in [-0.25, -0.2) is 9.97 Å². The first-order valence-electron chi connectivity index (χ1n) is 9.29. The van der Waals surface area contributed by atoms with Crippen LogP contribution in [0.4, 0.5) is 23.0 Å². The quantitative estimate of drug-likeness (QED) is 0.699. The van der Waals surface area contributed by atoms with Crippen LogP contribution >= 0.6 is 0 Å². The lowest BCUT2D eigenvalue weighted by molar-refractivity contribution is 0.102. The minimum Gasteiger partial charge on any atom is -0.372 e. The summed E-state index contributed by atoms with van der Waals surface area (Å²) in [4.78, 5) is 23.4. The number of amides is 1. The van der Waals surface area contributed by atoms with Gasteiger partial charge in [0.2, 0.25) is 0 Å². The Morgan fingerprint density at radius 1 is 1.04 bits per heavy atom. The highest BCUT2D eigenvalue weighted by Crippen LogP contribution is 2.23. The van der Waals surface area contributed by atoms with Gasteiger partial charge in [-0.3, -0.25) is 4.79 Å². The smallest absolute Gasteiger partial charge is 0.275 e. The third-order valence-corrected chi connectivity index (χ3v) is 4.55. The van der Waals surface area contributed by atoms with Crippen molar-refractivity contribution in [2.75, 3.05) is 28.6 Å². The number of benzene rings is 1. The van der Waals surface area contributed by atoms with Crippen LogP contribution in [0.15, 0.2) is 40.9 Å². The van der Waals surface area contributed by atoms with Crippen LogP contribution in [0.1, 0.15) is 34.9 Å². The van der Waals surface area contributed by atoms with Gasteiger partial charge in [0.25, 0.3) is 5.91 Å². The van der Waals surface area contributed by atoms with Crippen LogP contribution in [0, 0.1) is 13.8 Å². The third-order valence-electron chi connectivity index (χ3n) is 4.55. The number of anilines is 4. The Morgan fingerprint density at radius 2 is 1.79 bits per heavy atom. The molecule has 0 atom stereocenters. The van der Waals surface area contributed by atoms with E-state index in [0.29, 0.717) is 23.2 Å². The van der Waals surface area contributed by atoms with Crippen molar-refractivity contribution in [3.63, 3.8) is 0 Å². The molecule has 1 fully saturated rings. The Bertz CT molecular complexity index is 977. The van der Waals surface area contributed by atoms with E-state index < -0.39 is 0 Å². The molecule has 8 nitrogen and oxygen atoms in total. The van der Waals surface area contributed by atoms with E-state index in [0.717, 1.165) is 18.8 Å². The van der Waals surface area contributed by atoms with E-state index in [1.807, 2.05) is 12.1 Å². The molecule has 2 aromatic heterocycles. The summed E-state index contributed by atoms with van der Waals surface area (Å²) in [5.74, 6) is 1.66. The topological polar surface area (TPSA) is 96.2 Å². The second kappa shape index (κ2) is 7.67. The maximum atomic E-state index is 12.5. The van der Waals surface area contributed by atoms with E-state index >= 15 is 0 Å². The molecule has 1 aromatic carbocycles. The number of nitrogens with zero attached hydrogens (tertiary/aromatic N) is 4. The lowest BCUT2D eigenvalue weighted by Crippen LogP contribution is -2.17. The van der Waals surface area contributed by atoms with Gasteiger partial charge in [0.05, 0.1) is 0 Å². The molecule has 1 aliphatic heterocycles. The molecule has 0 bridgehead atoms. The summed E-state index contributed by atoms with van der Waals surface area (Å²) in [6.45, 7) is 5.73. The Kier molecular flexibility index (Phi) is 4.92. The Morgan fingerprint density at radius 3 is 2.46 bits per heavy atom. The van der Waals surface area contributed by atoms with Gasteiger partial charge in [-0.2, -0.15) is 0 Å². The normalized spacial score (nSPS) is 13.6. The van der Waals surface area contributed by atoms with Crippen molar-refractivity contribution < 1.29 is 9.32 Å². The van der Waals surface area contributed by atoms with Crippen molar-refractivity contribution in [3.05, 3.63) is 53.7 Å². The molecule has 8 heteroatoms. The maximum Gasteiger partial charge on any atom is 0.275 e. The lowest BCUT2D eigenvalue weighted by Gasteiger charge is -2.18. The largest absolute Gasteiger partial charge is 0.372 e. The first-order valence-corrected chi connectivity index (χ1v) is 9.29. The summed E-state index contributed by atoms with van der Waals surface area (Å²) in [6, 6.07) is 11.5. The van der Waals surface area contributed by atoms with Crippen molar-refractivity contribution in [1.82, 2.24) is 15.1 Å². The van der Waals surface area contributed by atoms with E-state index in [9.17, 15) is 4.79 Å². The number of hydrogen-bond donors (Lipinski definition) is 2. The minimum atomic E-state index is -0.369. The van der Waals surface area contributed by atoms with Crippen LogP contribution in [0.3, 0.4) is 0 Å².